The Morgan fingerprint density at radius 1 is 0.500 bits per heavy atom. The first-order valence-corrected chi connectivity index (χ1v) is 16.9. The Balaban J connectivity index is 1.66. The predicted octanol–water partition coefficient (Wildman–Crippen LogP) is 7.05. The van der Waals surface area contributed by atoms with Gasteiger partial charge in [0.25, 0.3) is 5.60 Å². The van der Waals surface area contributed by atoms with E-state index in [0.717, 1.165) is 6.92 Å². The quantitative estimate of drug-likeness (QED) is 0.0583. The number of ether oxygens (including phenoxy) is 4. The molecule has 0 atom stereocenters. The van der Waals surface area contributed by atoms with Crippen molar-refractivity contribution in [3.05, 3.63) is 144 Å². The van der Waals surface area contributed by atoms with Crippen molar-refractivity contribution >= 4 is 31.4 Å². The number of carbonyl (C=O) groups excluding carboxylic acids is 4. The standard InChI is InChI=1S/C36H36O9Si/c1-3-46(34(39)43-26-30-20-12-6-13-21-30,35(40)44-27-31-22-14-7-15-23-31)45-36(2,32(37)41-24-28-16-8-4-9-17-28)33(38)42-25-29-18-10-5-11-19-29/h4-23H,3,24-27H2,1-2H3. The van der Waals surface area contributed by atoms with Gasteiger partial charge in [-0.05, 0) is 35.2 Å². The first-order chi connectivity index (χ1) is 22.3. The van der Waals surface area contributed by atoms with Crippen LogP contribution in [0.2, 0.25) is 6.04 Å². The third kappa shape index (κ3) is 8.77. The highest BCUT2D eigenvalue weighted by Gasteiger charge is 2.62. The van der Waals surface area contributed by atoms with Gasteiger partial charge >= 0.3 is 31.4 Å². The first kappa shape index (κ1) is 33.8. The molecule has 4 aromatic rings. The zero-order valence-electron chi connectivity index (χ0n) is 25.8. The smallest absolute Gasteiger partial charge is 0.441 e. The molecule has 46 heavy (non-hydrogen) atoms. The van der Waals surface area contributed by atoms with Crippen LogP contribution in [0.1, 0.15) is 36.1 Å². The lowest BCUT2D eigenvalue weighted by Gasteiger charge is -2.34. The second-order valence-corrected chi connectivity index (χ2v) is 13.9. The lowest BCUT2D eigenvalue weighted by Crippen LogP contribution is -2.64. The van der Waals surface area contributed by atoms with Crippen LogP contribution in [0.3, 0.4) is 0 Å². The van der Waals surface area contributed by atoms with Crippen LogP contribution in [0.15, 0.2) is 121 Å². The number of hydrogen-bond acceptors (Lipinski definition) is 9. The van der Waals surface area contributed by atoms with Crippen LogP contribution in [0.25, 0.3) is 0 Å². The molecule has 0 saturated carbocycles. The Morgan fingerprint density at radius 2 is 0.783 bits per heavy atom. The first-order valence-electron chi connectivity index (χ1n) is 14.8. The fraction of sp³-hybridized carbons (Fsp3) is 0.222. The maximum absolute atomic E-state index is 13.9. The molecule has 0 radical (unpaired) electrons. The van der Waals surface area contributed by atoms with Crippen LogP contribution in [0.4, 0.5) is 9.59 Å². The van der Waals surface area contributed by atoms with E-state index >= 15 is 0 Å². The van der Waals surface area contributed by atoms with Crippen molar-refractivity contribution < 1.29 is 42.6 Å². The number of hydrogen-bond donors (Lipinski definition) is 0. The van der Waals surface area contributed by atoms with Gasteiger partial charge in [-0.25, -0.2) is 9.59 Å². The van der Waals surface area contributed by atoms with Crippen LogP contribution in [-0.2, 0) is 59.4 Å². The molecule has 0 spiro atoms. The molecule has 0 aromatic heterocycles. The molecular weight excluding hydrogens is 604 g/mol. The Bertz CT molecular complexity index is 1470. The summed E-state index contributed by atoms with van der Waals surface area (Å²) in [5, 5.41) is 0. The van der Waals surface area contributed by atoms with E-state index in [1.165, 1.54) is 0 Å². The maximum Gasteiger partial charge on any atom is 0.441 e. The van der Waals surface area contributed by atoms with E-state index in [-0.39, 0.29) is 32.5 Å². The van der Waals surface area contributed by atoms with Crippen molar-refractivity contribution in [1.29, 1.82) is 0 Å². The van der Waals surface area contributed by atoms with Crippen LogP contribution >= 0.6 is 0 Å². The highest BCUT2D eigenvalue weighted by molar-refractivity contribution is 7.19. The Morgan fingerprint density at radius 3 is 1.07 bits per heavy atom. The zero-order chi connectivity index (χ0) is 32.8. The summed E-state index contributed by atoms with van der Waals surface area (Å²) in [7, 11) is -4.59. The number of carbonyl (C=O) groups is 4. The summed E-state index contributed by atoms with van der Waals surface area (Å²) in [5.41, 5.74) is -1.90. The SMILES string of the molecule is CC[Si](OC(C)(C(=O)OCc1ccccc1)C(=O)OCc1ccccc1)(C(=O)OCc1ccccc1)C(=O)OCc1ccccc1. The lowest BCUT2D eigenvalue weighted by atomic mass is 10.1. The molecule has 10 heteroatoms. The zero-order valence-corrected chi connectivity index (χ0v) is 26.8. The molecule has 0 N–H and O–H groups in total. The maximum atomic E-state index is 13.9. The summed E-state index contributed by atoms with van der Waals surface area (Å²) >= 11 is 0. The molecule has 0 aliphatic rings. The van der Waals surface area contributed by atoms with Crippen molar-refractivity contribution in [3.8, 4) is 0 Å². The second kappa shape index (κ2) is 16.3. The van der Waals surface area contributed by atoms with Gasteiger partial charge in [-0.2, -0.15) is 0 Å². The fourth-order valence-corrected chi connectivity index (χ4v) is 6.97. The monoisotopic (exact) mass is 640 g/mol. The molecule has 0 aliphatic carbocycles. The van der Waals surface area contributed by atoms with E-state index < -0.39 is 37.0 Å². The molecule has 4 aromatic carbocycles. The van der Waals surface area contributed by atoms with Gasteiger partial charge in [-0.1, -0.05) is 128 Å². The van der Waals surface area contributed by atoms with Crippen molar-refractivity contribution in [2.24, 2.45) is 0 Å². The molecule has 0 saturated heterocycles. The van der Waals surface area contributed by atoms with Crippen molar-refractivity contribution in [3.63, 3.8) is 0 Å². The summed E-state index contributed by atoms with van der Waals surface area (Å²) in [6.45, 7) is 1.96. The molecule has 0 unspecified atom stereocenters. The molecule has 0 fully saturated rings. The van der Waals surface area contributed by atoms with Gasteiger partial charge in [0.2, 0.25) is 0 Å². The minimum atomic E-state index is -4.59. The van der Waals surface area contributed by atoms with Gasteiger partial charge in [-0.15, -0.1) is 0 Å². The summed E-state index contributed by atoms with van der Waals surface area (Å²) in [6.07, 6.45) is 0. The molecule has 238 valence electrons. The number of rotatable bonds is 15. The number of benzene rings is 4. The summed E-state index contributed by atoms with van der Waals surface area (Å²) < 4.78 is 28.5. The second-order valence-electron chi connectivity index (χ2n) is 10.6. The van der Waals surface area contributed by atoms with Crippen LogP contribution < -0.4 is 0 Å². The summed E-state index contributed by atoms with van der Waals surface area (Å²) in [5.74, 6) is -2.27. The molecule has 0 aliphatic heterocycles. The van der Waals surface area contributed by atoms with Gasteiger partial charge in [0.1, 0.15) is 26.4 Å². The topological polar surface area (TPSA) is 114 Å². The van der Waals surface area contributed by atoms with E-state index in [9.17, 15) is 19.2 Å². The van der Waals surface area contributed by atoms with Gasteiger partial charge in [0.05, 0.1) is 0 Å². The largest absolute Gasteiger partial charge is 0.463 e. The minimum Gasteiger partial charge on any atom is -0.463 e. The number of esters is 2. The van der Waals surface area contributed by atoms with Gasteiger partial charge in [-0.3, -0.25) is 9.59 Å². The molecule has 0 heterocycles. The van der Waals surface area contributed by atoms with Crippen LogP contribution in [0.5, 0.6) is 0 Å². The summed E-state index contributed by atoms with van der Waals surface area (Å²) in [4.78, 5) is 55.3. The van der Waals surface area contributed by atoms with Crippen molar-refractivity contribution in [2.75, 3.05) is 0 Å². The van der Waals surface area contributed by atoms with E-state index in [1.54, 1.807) is 104 Å². The molecule has 9 nitrogen and oxygen atoms in total. The lowest BCUT2D eigenvalue weighted by molar-refractivity contribution is -0.180. The predicted molar refractivity (Wildman–Crippen MR) is 171 cm³/mol. The van der Waals surface area contributed by atoms with Crippen molar-refractivity contribution in [1.82, 2.24) is 0 Å². The average molecular weight is 641 g/mol. The normalized spacial score (nSPS) is 11.3. The van der Waals surface area contributed by atoms with E-state index in [1.807, 2.05) is 24.3 Å². The highest BCUT2D eigenvalue weighted by atomic mass is 28.4. The van der Waals surface area contributed by atoms with Crippen molar-refractivity contribution in [2.45, 2.75) is 51.9 Å². The molecule has 0 amide bonds. The Labute approximate surface area is 269 Å². The minimum absolute atomic E-state index is 0.169. The fourth-order valence-electron chi connectivity index (χ4n) is 4.44. The van der Waals surface area contributed by atoms with Gasteiger partial charge in [0, 0.05) is 0 Å². The summed E-state index contributed by atoms with van der Waals surface area (Å²) in [6, 6.07) is 35.2. The Kier molecular flexibility index (Phi) is 12.0. The highest BCUT2D eigenvalue weighted by Crippen LogP contribution is 2.29. The third-order valence-electron chi connectivity index (χ3n) is 7.17. The van der Waals surface area contributed by atoms with Crippen LogP contribution in [-0.4, -0.2) is 37.0 Å². The molecular formula is C36H36O9Si. The molecule has 0 bridgehead atoms. The van der Waals surface area contributed by atoms with Crippen LogP contribution in [0, 0.1) is 0 Å². The molecule has 4 rings (SSSR count). The van der Waals surface area contributed by atoms with Gasteiger partial charge < -0.3 is 23.4 Å². The third-order valence-corrected chi connectivity index (χ3v) is 10.5. The Hall–Kier alpha value is -5.06. The van der Waals surface area contributed by atoms with E-state index in [4.69, 9.17) is 23.4 Å². The van der Waals surface area contributed by atoms with E-state index in [0.29, 0.717) is 22.3 Å². The van der Waals surface area contributed by atoms with E-state index in [2.05, 4.69) is 0 Å². The van der Waals surface area contributed by atoms with Gasteiger partial charge in [0.15, 0.2) is 0 Å². The average Bonchev–Trinajstić information content (AvgIpc) is 3.11.